The Morgan fingerprint density at radius 1 is 1.06 bits per heavy atom. The molecular weight excluding hydrogens is 473 g/mol. The molecule has 3 fully saturated rings. The van der Waals surface area contributed by atoms with Crippen LogP contribution in [0, 0.1) is 5.82 Å². The Kier molecular flexibility index (Phi) is 5.03. The molecule has 35 heavy (non-hydrogen) atoms. The van der Waals surface area contributed by atoms with Gasteiger partial charge in [-0.05, 0) is 56.0 Å². The normalized spacial score (nSPS) is 22.0. The first-order valence-electron chi connectivity index (χ1n) is 12.0. The summed E-state index contributed by atoms with van der Waals surface area (Å²) < 4.78 is 14.2. The van der Waals surface area contributed by atoms with E-state index in [4.69, 9.17) is 16.6 Å². The fourth-order valence-corrected chi connectivity index (χ4v) is 6.22. The molecule has 1 saturated carbocycles. The minimum atomic E-state index is -0.929. The van der Waals surface area contributed by atoms with Gasteiger partial charge in [0.15, 0.2) is 0 Å². The van der Waals surface area contributed by atoms with E-state index in [1.165, 1.54) is 6.07 Å². The van der Waals surface area contributed by atoms with Crippen molar-refractivity contribution in [3.63, 3.8) is 0 Å². The second-order valence-corrected chi connectivity index (χ2v) is 10.4. The average Bonchev–Trinajstić information content (AvgIpc) is 3.53. The number of fused-ring (bicyclic) bond motifs is 2. The van der Waals surface area contributed by atoms with E-state index >= 15 is 0 Å². The van der Waals surface area contributed by atoms with Crippen molar-refractivity contribution >= 4 is 40.8 Å². The van der Waals surface area contributed by atoms with E-state index in [2.05, 4.69) is 15.5 Å². The van der Waals surface area contributed by atoms with Crippen molar-refractivity contribution in [1.29, 1.82) is 0 Å². The lowest BCUT2D eigenvalue weighted by Crippen LogP contribution is -2.55. The van der Waals surface area contributed by atoms with Crippen LogP contribution in [0.4, 0.5) is 20.6 Å². The number of pyridine rings is 1. The van der Waals surface area contributed by atoms with Gasteiger partial charge in [0, 0.05) is 30.7 Å². The molecular formula is C25H25ClFN5O3. The number of carbonyl (C=O) groups excluding carboxylic acids is 3. The zero-order chi connectivity index (χ0) is 24.4. The Bertz CT molecular complexity index is 1250. The number of carbonyl (C=O) groups is 3. The molecule has 2 spiro atoms. The van der Waals surface area contributed by atoms with Crippen LogP contribution < -0.4 is 15.5 Å². The molecule has 4 aliphatic rings. The standard InChI is InChI=1S/C25H25ClFN5O3/c26-16-4-3-15(13-17(16)27)32-14-24(7-1-2-8-24)20-19(32)6-5-18(28-20)21(33)31-11-9-25(10-12-31)22(34)29-23(35)30-25/h3-6,13H,1-2,7-12,14H2,(H2,29,30,34,35). The Morgan fingerprint density at radius 3 is 2.46 bits per heavy atom. The second-order valence-electron chi connectivity index (χ2n) is 10.0. The zero-order valence-corrected chi connectivity index (χ0v) is 19.8. The number of anilines is 2. The summed E-state index contributed by atoms with van der Waals surface area (Å²) in [7, 11) is 0. The molecule has 1 aromatic carbocycles. The molecule has 3 aliphatic heterocycles. The van der Waals surface area contributed by atoms with Gasteiger partial charge in [-0.1, -0.05) is 24.4 Å². The highest BCUT2D eigenvalue weighted by atomic mass is 35.5. The van der Waals surface area contributed by atoms with E-state index in [1.807, 2.05) is 12.1 Å². The lowest BCUT2D eigenvalue weighted by molar-refractivity contribution is -0.125. The van der Waals surface area contributed by atoms with Crippen molar-refractivity contribution < 1.29 is 18.8 Å². The van der Waals surface area contributed by atoms with Gasteiger partial charge in [0.25, 0.3) is 11.8 Å². The maximum Gasteiger partial charge on any atom is 0.322 e. The van der Waals surface area contributed by atoms with E-state index in [0.717, 1.165) is 42.8 Å². The highest BCUT2D eigenvalue weighted by Gasteiger charge is 2.49. The lowest BCUT2D eigenvalue weighted by atomic mass is 9.84. The van der Waals surface area contributed by atoms with Gasteiger partial charge in [-0.3, -0.25) is 14.9 Å². The van der Waals surface area contributed by atoms with Crippen LogP contribution in [-0.2, 0) is 10.2 Å². The van der Waals surface area contributed by atoms with Crippen LogP contribution in [0.5, 0.6) is 0 Å². The lowest BCUT2D eigenvalue weighted by Gasteiger charge is -2.36. The zero-order valence-electron chi connectivity index (χ0n) is 19.1. The first-order valence-corrected chi connectivity index (χ1v) is 12.4. The Morgan fingerprint density at radius 2 is 1.80 bits per heavy atom. The summed E-state index contributed by atoms with van der Waals surface area (Å²) in [5, 5.41) is 5.10. The van der Waals surface area contributed by atoms with Crippen molar-refractivity contribution in [1.82, 2.24) is 20.5 Å². The molecule has 1 aliphatic carbocycles. The third kappa shape index (κ3) is 3.47. The summed E-state index contributed by atoms with van der Waals surface area (Å²) in [4.78, 5) is 45.9. The maximum absolute atomic E-state index is 14.2. The van der Waals surface area contributed by atoms with Gasteiger partial charge >= 0.3 is 6.03 Å². The number of nitrogens with one attached hydrogen (secondary N) is 2. The summed E-state index contributed by atoms with van der Waals surface area (Å²) in [5.74, 6) is -0.975. The number of halogens is 2. The number of nitrogens with zero attached hydrogens (tertiary/aromatic N) is 3. The van der Waals surface area contributed by atoms with Crippen molar-refractivity contribution in [3.8, 4) is 0 Å². The van der Waals surface area contributed by atoms with E-state index in [9.17, 15) is 18.8 Å². The SMILES string of the molecule is O=C1NC(=O)C2(CCN(C(=O)c3ccc4c(n3)C3(CCCC3)CN4c3ccc(Cl)c(F)c3)CC2)N1. The Hall–Kier alpha value is -3.20. The molecule has 4 amide bonds. The van der Waals surface area contributed by atoms with Crippen molar-refractivity contribution in [3.05, 3.63) is 52.6 Å². The number of hydrogen-bond acceptors (Lipinski definition) is 5. The van der Waals surface area contributed by atoms with Crippen LogP contribution in [0.25, 0.3) is 0 Å². The number of urea groups is 1. The van der Waals surface area contributed by atoms with E-state index in [1.54, 1.807) is 17.0 Å². The average molecular weight is 498 g/mol. The number of imide groups is 1. The predicted octanol–water partition coefficient (Wildman–Crippen LogP) is 3.65. The fraction of sp³-hybridized carbons (Fsp3) is 0.440. The van der Waals surface area contributed by atoms with Crippen LogP contribution in [0.3, 0.4) is 0 Å². The summed E-state index contributed by atoms with van der Waals surface area (Å²) in [5.41, 5.74) is 1.78. The molecule has 182 valence electrons. The minimum absolute atomic E-state index is 0.0841. The monoisotopic (exact) mass is 497 g/mol. The van der Waals surface area contributed by atoms with Gasteiger partial charge in [0.1, 0.15) is 17.1 Å². The molecule has 4 heterocycles. The molecule has 1 aromatic heterocycles. The first kappa shape index (κ1) is 22.3. The van der Waals surface area contributed by atoms with Crippen molar-refractivity contribution in [2.75, 3.05) is 24.5 Å². The number of benzene rings is 1. The summed E-state index contributed by atoms with van der Waals surface area (Å²) >= 11 is 5.90. The summed E-state index contributed by atoms with van der Waals surface area (Å²) in [6.07, 6.45) is 4.84. The van der Waals surface area contributed by atoms with Gasteiger partial charge in [0.2, 0.25) is 0 Å². The summed E-state index contributed by atoms with van der Waals surface area (Å²) in [6.45, 7) is 1.40. The Balaban J connectivity index is 1.28. The highest BCUT2D eigenvalue weighted by molar-refractivity contribution is 6.30. The number of amides is 4. The number of rotatable bonds is 2. The van der Waals surface area contributed by atoms with E-state index < -0.39 is 17.4 Å². The quantitative estimate of drug-likeness (QED) is 0.618. The molecule has 2 N–H and O–H groups in total. The molecule has 0 radical (unpaired) electrons. The number of aromatic nitrogens is 1. The molecule has 10 heteroatoms. The molecule has 2 aromatic rings. The predicted molar refractivity (Wildman–Crippen MR) is 127 cm³/mol. The largest absolute Gasteiger partial charge is 0.339 e. The number of likely N-dealkylation sites (tertiary alicyclic amines) is 1. The van der Waals surface area contributed by atoms with Gasteiger partial charge in [-0.2, -0.15) is 0 Å². The van der Waals surface area contributed by atoms with Crippen LogP contribution in [0.1, 0.15) is 54.7 Å². The molecule has 0 unspecified atom stereocenters. The molecule has 0 bridgehead atoms. The highest BCUT2D eigenvalue weighted by Crippen LogP contribution is 2.52. The van der Waals surface area contributed by atoms with Gasteiger partial charge in [-0.25, -0.2) is 14.2 Å². The third-order valence-electron chi connectivity index (χ3n) is 8.04. The molecule has 8 nitrogen and oxygen atoms in total. The number of piperidine rings is 1. The fourth-order valence-electron chi connectivity index (χ4n) is 6.11. The van der Waals surface area contributed by atoms with Crippen LogP contribution >= 0.6 is 11.6 Å². The van der Waals surface area contributed by atoms with Gasteiger partial charge < -0.3 is 15.1 Å². The minimum Gasteiger partial charge on any atom is -0.339 e. The smallest absolute Gasteiger partial charge is 0.322 e. The van der Waals surface area contributed by atoms with Crippen molar-refractivity contribution in [2.45, 2.75) is 49.5 Å². The van der Waals surface area contributed by atoms with E-state index in [-0.39, 0.29) is 22.3 Å². The van der Waals surface area contributed by atoms with Crippen LogP contribution in [0.15, 0.2) is 30.3 Å². The Labute approximate surface area is 206 Å². The maximum atomic E-state index is 14.2. The molecule has 2 saturated heterocycles. The van der Waals surface area contributed by atoms with Gasteiger partial charge in [-0.15, -0.1) is 0 Å². The first-order chi connectivity index (χ1) is 16.8. The van der Waals surface area contributed by atoms with Crippen LogP contribution in [0.2, 0.25) is 5.02 Å². The molecule has 6 rings (SSSR count). The van der Waals surface area contributed by atoms with Gasteiger partial charge in [0.05, 0.1) is 16.4 Å². The summed E-state index contributed by atoms with van der Waals surface area (Å²) in [6, 6.07) is 7.97. The molecule has 0 atom stereocenters. The third-order valence-corrected chi connectivity index (χ3v) is 8.35. The van der Waals surface area contributed by atoms with Crippen LogP contribution in [-0.4, -0.2) is 52.9 Å². The van der Waals surface area contributed by atoms with E-state index in [0.29, 0.717) is 38.2 Å². The second kappa shape index (κ2) is 7.91. The topological polar surface area (TPSA) is 94.6 Å². The number of hydrogen-bond donors (Lipinski definition) is 2. The van der Waals surface area contributed by atoms with Crippen molar-refractivity contribution in [2.24, 2.45) is 0 Å².